The molecule has 0 radical (unpaired) electrons. The highest BCUT2D eigenvalue weighted by molar-refractivity contribution is 5.85. The van der Waals surface area contributed by atoms with E-state index in [0.717, 1.165) is 28.7 Å². The summed E-state index contributed by atoms with van der Waals surface area (Å²) < 4.78 is 9.49. The number of benzene rings is 2. The predicted octanol–water partition coefficient (Wildman–Crippen LogP) is 6.78. The van der Waals surface area contributed by atoms with Gasteiger partial charge in [-0.25, -0.2) is 4.79 Å². The number of carbonyl (C=O) groups excluding carboxylic acids is 2. The summed E-state index contributed by atoms with van der Waals surface area (Å²) in [5.41, 5.74) is 3.69. The molecular weight excluding hydrogens is 424 g/mol. The molecule has 4 rings (SSSR count). The summed E-state index contributed by atoms with van der Waals surface area (Å²) >= 11 is 0. The second-order valence-corrected chi connectivity index (χ2v) is 9.79. The Labute approximate surface area is 201 Å². The minimum atomic E-state index is -0.598. The van der Waals surface area contributed by atoms with E-state index in [-0.39, 0.29) is 11.7 Å². The second-order valence-electron chi connectivity index (χ2n) is 9.79. The van der Waals surface area contributed by atoms with Crippen LogP contribution in [0, 0.1) is 0 Å². The monoisotopic (exact) mass is 456 g/mol. The summed E-state index contributed by atoms with van der Waals surface area (Å²) in [5.74, 6) is 0.00161. The van der Waals surface area contributed by atoms with Gasteiger partial charge in [-0.05, 0) is 63.4 Å². The molecule has 1 atom stereocenters. The van der Waals surface area contributed by atoms with E-state index in [0.29, 0.717) is 12.8 Å². The van der Waals surface area contributed by atoms with Gasteiger partial charge in [-0.2, -0.15) is 0 Å². The number of nitrogens with zero attached hydrogens (tertiary/aromatic N) is 2. The van der Waals surface area contributed by atoms with Gasteiger partial charge in [0.25, 0.3) is 0 Å². The minimum Gasteiger partial charge on any atom is -0.443 e. The molecule has 2 heterocycles. The number of hydrogen-bond acceptors (Lipinski definition) is 3. The zero-order valence-electron chi connectivity index (χ0n) is 20.3. The molecule has 0 saturated heterocycles. The molecule has 4 aromatic rings. The average molecular weight is 457 g/mol. The third-order valence-corrected chi connectivity index (χ3v) is 5.90. The van der Waals surface area contributed by atoms with Crippen molar-refractivity contribution < 1.29 is 14.3 Å². The number of ether oxygens (including phenoxy) is 1. The predicted molar refractivity (Wildman–Crippen MR) is 135 cm³/mol. The Morgan fingerprint density at radius 1 is 0.941 bits per heavy atom. The molecule has 5 heteroatoms. The molecule has 1 unspecified atom stereocenters. The lowest BCUT2D eigenvalue weighted by Gasteiger charge is -2.23. The fourth-order valence-corrected chi connectivity index (χ4v) is 4.43. The highest BCUT2D eigenvalue weighted by Gasteiger charge is 2.26. The Hall–Kier alpha value is -3.60. The second kappa shape index (κ2) is 9.72. The van der Waals surface area contributed by atoms with Crippen LogP contribution in [0.25, 0.3) is 10.9 Å². The van der Waals surface area contributed by atoms with Gasteiger partial charge in [0.15, 0.2) is 0 Å². The summed E-state index contributed by atoms with van der Waals surface area (Å²) in [4.78, 5) is 25.0. The van der Waals surface area contributed by atoms with Crippen LogP contribution in [0.15, 0.2) is 79.1 Å². The molecule has 176 valence electrons. The third-order valence-electron chi connectivity index (χ3n) is 5.90. The van der Waals surface area contributed by atoms with Crippen LogP contribution < -0.4 is 0 Å². The number of hydrogen-bond donors (Lipinski definition) is 0. The number of Topliss-reactive ketones (excluding diaryl/α,β-unsaturated/α-hetero) is 1. The fourth-order valence-electron chi connectivity index (χ4n) is 4.43. The van der Waals surface area contributed by atoms with Crippen LogP contribution in [-0.2, 0) is 16.1 Å². The maximum Gasteiger partial charge on any atom is 0.418 e. The third kappa shape index (κ3) is 5.30. The molecule has 0 fully saturated rings. The van der Waals surface area contributed by atoms with E-state index in [1.165, 1.54) is 5.56 Å². The number of rotatable bonds is 7. The van der Waals surface area contributed by atoms with Crippen molar-refractivity contribution in [2.45, 2.75) is 58.6 Å². The van der Waals surface area contributed by atoms with Crippen molar-refractivity contribution in [1.82, 2.24) is 9.13 Å². The fraction of sp³-hybridized carbons (Fsp3) is 0.310. The molecule has 0 aliphatic rings. The van der Waals surface area contributed by atoms with Gasteiger partial charge in [0.05, 0.1) is 0 Å². The highest BCUT2D eigenvalue weighted by atomic mass is 16.6. The first-order chi connectivity index (χ1) is 16.2. The first-order valence-corrected chi connectivity index (χ1v) is 11.7. The molecule has 0 aliphatic carbocycles. The van der Waals surface area contributed by atoms with Gasteiger partial charge in [-0.1, -0.05) is 48.5 Å². The Morgan fingerprint density at radius 2 is 1.65 bits per heavy atom. The number of fused-ring (bicyclic) bond motifs is 1. The summed E-state index contributed by atoms with van der Waals surface area (Å²) in [6.07, 6.45) is 4.56. The zero-order chi connectivity index (χ0) is 24.3. The Morgan fingerprint density at radius 3 is 2.35 bits per heavy atom. The molecular formula is C29H32N2O3. The van der Waals surface area contributed by atoms with Crippen molar-refractivity contribution in [2.75, 3.05) is 0 Å². The van der Waals surface area contributed by atoms with E-state index in [2.05, 4.69) is 35.0 Å². The van der Waals surface area contributed by atoms with Crippen molar-refractivity contribution in [3.05, 3.63) is 95.9 Å². The molecule has 34 heavy (non-hydrogen) atoms. The Balaban J connectivity index is 1.80. The van der Waals surface area contributed by atoms with Crippen LogP contribution in [0.4, 0.5) is 4.79 Å². The van der Waals surface area contributed by atoms with Crippen LogP contribution >= 0.6 is 0 Å². The van der Waals surface area contributed by atoms with E-state index in [9.17, 15) is 9.59 Å². The van der Waals surface area contributed by atoms with Crippen molar-refractivity contribution >= 4 is 22.8 Å². The molecule has 0 spiro atoms. The number of para-hydroxylation sites is 1. The minimum absolute atomic E-state index is 0.131. The van der Waals surface area contributed by atoms with Gasteiger partial charge in [0.1, 0.15) is 11.4 Å². The number of carbonyl (C=O) groups is 2. The summed E-state index contributed by atoms with van der Waals surface area (Å²) in [6.45, 7) is 7.94. The van der Waals surface area contributed by atoms with Crippen LogP contribution in [0.2, 0.25) is 0 Å². The molecule has 2 aromatic heterocycles. The lowest BCUT2D eigenvalue weighted by atomic mass is 9.90. The first-order valence-electron chi connectivity index (χ1n) is 11.7. The maximum atomic E-state index is 13.0. The lowest BCUT2D eigenvalue weighted by molar-refractivity contribution is -0.117. The normalized spacial score (nSPS) is 12.6. The maximum absolute atomic E-state index is 13.0. The molecule has 0 amide bonds. The van der Waals surface area contributed by atoms with E-state index in [1.54, 1.807) is 17.7 Å². The lowest BCUT2D eigenvalue weighted by Crippen LogP contribution is -2.28. The molecule has 0 bridgehead atoms. The van der Waals surface area contributed by atoms with Crippen molar-refractivity contribution in [3.63, 3.8) is 0 Å². The Kier molecular flexibility index (Phi) is 6.73. The molecule has 0 aliphatic heterocycles. The zero-order valence-corrected chi connectivity index (χ0v) is 20.3. The van der Waals surface area contributed by atoms with Crippen molar-refractivity contribution in [1.29, 1.82) is 0 Å². The van der Waals surface area contributed by atoms with Crippen LogP contribution in [0.3, 0.4) is 0 Å². The van der Waals surface area contributed by atoms with Crippen molar-refractivity contribution in [3.8, 4) is 0 Å². The van der Waals surface area contributed by atoms with Gasteiger partial charge >= 0.3 is 6.09 Å². The summed E-state index contributed by atoms with van der Waals surface area (Å²) in [5, 5.41) is 1.13. The van der Waals surface area contributed by atoms with Gasteiger partial charge in [-0.15, -0.1) is 0 Å². The first kappa shape index (κ1) is 23.6. The van der Waals surface area contributed by atoms with Gasteiger partial charge < -0.3 is 14.1 Å². The SMILES string of the molecule is CC(=O)CCC(c1cn(Cc2ccccc2)c2ccccc12)c1cccn1C(=O)OC(C)(C)C. The smallest absolute Gasteiger partial charge is 0.418 e. The topological polar surface area (TPSA) is 53.2 Å². The van der Waals surface area contributed by atoms with Gasteiger partial charge in [0, 0.05) is 47.9 Å². The molecule has 2 aromatic carbocycles. The molecule has 0 saturated carbocycles. The van der Waals surface area contributed by atoms with E-state index < -0.39 is 11.7 Å². The van der Waals surface area contributed by atoms with Gasteiger partial charge in [0.2, 0.25) is 0 Å². The van der Waals surface area contributed by atoms with Crippen LogP contribution in [0.5, 0.6) is 0 Å². The summed E-state index contributed by atoms with van der Waals surface area (Å²) in [6, 6.07) is 22.5. The number of ketones is 1. The van der Waals surface area contributed by atoms with Crippen LogP contribution in [-0.4, -0.2) is 26.6 Å². The molecule has 5 nitrogen and oxygen atoms in total. The van der Waals surface area contributed by atoms with E-state index >= 15 is 0 Å². The highest BCUT2D eigenvalue weighted by Crippen LogP contribution is 2.36. The largest absolute Gasteiger partial charge is 0.443 e. The van der Waals surface area contributed by atoms with Crippen LogP contribution in [0.1, 0.15) is 63.3 Å². The summed E-state index contributed by atoms with van der Waals surface area (Å²) in [7, 11) is 0. The Bertz CT molecular complexity index is 1290. The van der Waals surface area contributed by atoms with E-state index in [4.69, 9.17) is 4.74 Å². The quantitative estimate of drug-likeness (QED) is 0.308. The molecule has 0 N–H and O–H groups in total. The average Bonchev–Trinajstić information content (AvgIpc) is 3.40. The number of aromatic nitrogens is 2. The standard InChI is InChI=1S/C29H32N2O3/c1-21(32)16-17-24(27-15-10-18-31(27)28(33)34-29(2,3)4)25-20-30(19-22-11-6-5-7-12-22)26-14-9-8-13-23(25)26/h5-15,18,20,24H,16-17,19H2,1-4H3. The van der Waals surface area contributed by atoms with Crippen molar-refractivity contribution in [2.24, 2.45) is 0 Å². The van der Waals surface area contributed by atoms with Gasteiger partial charge in [-0.3, -0.25) is 4.57 Å². The van der Waals surface area contributed by atoms with E-state index in [1.807, 2.05) is 63.2 Å².